The van der Waals surface area contributed by atoms with E-state index in [1.165, 1.54) is 0 Å². The van der Waals surface area contributed by atoms with E-state index in [1.54, 1.807) is 6.92 Å². The lowest BCUT2D eigenvalue weighted by Gasteiger charge is -2.07. The summed E-state index contributed by atoms with van der Waals surface area (Å²) in [5.74, 6) is 0. The van der Waals surface area contributed by atoms with E-state index < -0.39 is 11.4 Å². The Hall–Kier alpha value is 0.0300. The van der Waals surface area contributed by atoms with Crippen LogP contribution in [0.1, 0.15) is 26.2 Å². The Balaban J connectivity index is 3.22. The number of hydrogen-bond acceptors (Lipinski definition) is 3. The maximum atomic E-state index is 10.1. The maximum Gasteiger partial charge on any atom is 0.302 e. The molecule has 0 saturated heterocycles. The normalized spacial score (nSPS) is 16.3. The van der Waals surface area contributed by atoms with Gasteiger partial charge in [0, 0.05) is 0 Å². The van der Waals surface area contributed by atoms with Crippen LogP contribution in [0.5, 0.6) is 0 Å². The molecule has 0 heterocycles. The van der Waals surface area contributed by atoms with Crippen molar-refractivity contribution in [3.8, 4) is 0 Å². The van der Waals surface area contributed by atoms with Crippen molar-refractivity contribution in [3.05, 3.63) is 0 Å². The fourth-order valence-corrected chi connectivity index (χ4v) is 1.14. The minimum atomic E-state index is -2.13. The van der Waals surface area contributed by atoms with Gasteiger partial charge in [0.15, 0.2) is 0 Å². The highest BCUT2D eigenvalue weighted by atomic mass is 32.2. The lowest BCUT2D eigenvalue weighted by molar-refractivity contribution is 0.209. The summed E-state index contributed by atoms with van der Waals surface area (Å²) in [7, 11) is 0. The number of nitrogens with two attached hydrogens (primary N) is 1. The van der Waals surface area contributed by atoms with E-state index >= 15 is 0 Å². The Labute approximate surface area is 69.6 Å². The second kappa shape index (κ2) is 6.72. The predicted octanol–water partition coefficient (Wildman–Crippen LogP) is 0.657. The van der Waals surface area contributed by atoms with E-state index in [9.17, 15) is 4.21 Å². The van der Waals surface area contributed by atoms with Gasteiger partial charge in [0.2, 0.25) is 0 Å². The Kier molecular flexibility index (Phi) is 6.74. The van der Waals surface area contributed by atoms with Crippen LogP contribution in [0.25, 0.3) is 0 Å². The molecule has 0 aromatic carbocycles. The van der Waals surface area contributed by atoms with Crippen LogP contribution < -0.4 is 5.73 Å². The minimum absolute atomic E-state index is 0.160. The predicted molar refractivity (Wildman–Crippen MR) is 44.2 cm³/mol. The quantitative estimate of drug-likeness (QED) is 0.466. The van der Waals surface area contributed by atoms with Crippen LogP contribution in [0, 0.1) is 0 Å². The van der Waals surface area contributed by atoms with Gasteiger partial charge in [-0.2, -0.15) is 4.21 Å². The zero-order valence-electron chi connectivity index (χ0n) is 6.66. The smallest absolute Gasteiger partial charge is 0.302 e. The van der Waals surface area contributed by atoms with Gasteiger partial charge in [-0.05, 0) is 32.7 Å². The fraction of sp³-hybridized carbons (Fsp3) is 1.00. The average molecular weight is 181 g/mol. The second-order valence-electron chi connectivity index (χ2n) is 2.41. The van der Waals surface area contributed by atoms with Gasteiger partial charge < -0.3 is 5.73 Å². The van der Waals surface area contributed by atoms with Crippen molar-refractivity contribution in [2.24, 2.45) is 5.73 Å². The van der Waals surface area contributed by atoms with Crippen molar-refractivity contribution >= 4 is 11.4 Å². The maximum absolute atomic E-state index is 10.1. The first-order chi connectivity index (χ1) is 5.16. The van der Waals surface area contributed by atoms with E-state index in [2.05, 4.69) is 4.18 Å². The summed E-state index contributed by atoms with van der Waals surface area (Å²) < 4.78 is 23.0. The highest BCUT2D eigenvalue weighted by Gasteiger charge is 2.04. The first-order valence-corrected chi connectivity index (χ1v) is 4.68. The van der Waals surface area contributed by atoms with E-state index in [0.29, 0.717) is 6.54 Å². The first-order valence-electron chi connectivity index (χ1n) is 3.65. The second-order valence-corrected chi connectivity index (χ2v) is 3.04. The Morgan fingerprint density at radius 1 is 1.64 bits per heavy atom. The standard InChI is InChI=1S/C6H15NO3S/c1-6(10-11(8)9)4-2-3-5-7/h6H,2-5,7H2,1H3,(H,8,9). The zero-order valence-corrected chi connectivity index (χ0v) is 7.47. The van der Waals surface area contributed by atoms with Crippen LogP contribution in [0.3, 0.4) is 0 Å². The first kappa shape index (κ1) is 11.0. The molecule has 3 N–H and O–H groups in total. The third-order valence-electron chi connectivity index (χ3n) is 1.31. The monoisotopic (exact) mass is 181 g/mol. The zero-order chi connectivity index (χ0) is 8.69. The van der Waals surface area contributed by atoms with Gasteiger partial charge in [-0.25, -0.2) is 0 Å². The molecule has 0 fully saturated rings. The van der Waals surface area contributed by atoms with Crippen molar-refractivity contribution < 1.29 is 12.9 Å². The molecule has 2 unspecified atom stereocenters. The van der Waals surface area contributed by atoms with E-state index in [1.807, 2.05) is 0 Å². The lowest BCUT2D eigenvalue weighted by Crippen LogP contribution is -2.10. The third kappa shape index (κ3) is 7.93. The lowest BCUT2D eigenvalue weighted by atomic mass is 10.2. The van der Waals surface area contributed by atoms with Gasteiger partial charge >= 0.3 is 11.4 Å². The van der Waals surface area contributed by atoms with Gasteiger partial charge in [0.25, 0.3) is 0 Å². The van der Waals surface area contributed by atoms with Gasteiger partial charge in [-0.15, -0.1) is 0 Å². The molecule has 4 nitrogen and oxygen atoms in total. The fourth-order valence-electron chi connectivity index (χ4n) is 0.765. The summed E-state index contributed by atoms with van der Waals surface area (Å²) in [5.41, 5.74) is 5.27. The molecule has 0 aliphatic carbocycles. The van der Waals surface area contributed by atoms with Crippen molar-refractivity contribution in [1.29, 1.82) is 0 Å². The topological polar surface area (TPSA) is 72.5 Å². The van der Waals surface area contributed by atoms with E-state index in [0.717, 1.165) is 19.3 Å². The van der Waals surface area contributed by atoms with Crippen LogP contribution >= 0.6 is 0 Å². The van der Waals surface area contributed by atoms with Gasteiger partial charge in [0.1, 0.15) is 0 Å². The van der Waals surface area contributed by atoms with Crippen molar-refractivity contribution in [2.75, 3.05) is 6.54 Å². The average Bonchev–Trinajstić information content (AvgIpc) is 1.86. The number of hydrogen-bond donors (Lipinski definition) is 2. The summed E-state index contributed by atoms with van der Waals surface area (Å²) in [6.07, 6.45) is 2.50. The van der Waals surface area contributed by atoms with Crippen molar-refractivity contribution in [1.82, 2.24) is 0 Å². The molecule has 5 heteroatoms. The molecule has 0 aromatic rings. The molecule has 11 heavy (non-hydrogen) atoms. The molecule has 0 aliphatic rings. The van der Waals surface area contributed by atoms with Crippen LogP contribution in [0.15, 0.2) is 0 Å². The number of rotatable bonds is 6. The summed E-state index contributed by atoms with van der Waals surface area (Å²) in [5, 5.41) is 0. The molecule has 0 rings (SSSR count). The molecule has 0 saturated carbocycles. The summed E-state index contributed by atoms with van der Waals surface area (Å²) in [6.45, 7) is 2.43. The minimum Gasteiger partial charge on any atom is -0.330 e. The van der Waals surface area contributed by atoms with E-state index in [-0.39, 0.29) is 6.10 Å². The van der Waals surface area contributed by atoms with E-state index in [4.69, 9.17) is 10.3 Å². The highest BCUT2D eigenvalue weighted by molar-refractivity contribution is 7.74. The molecule has 0 bridgehead atoms. The molecular weight excluding hydrogens is 166 g/mol. The Morgan fingerprint density at radius 2 is 2.27 bits per heavy atom. The Morgan fingerprint density at radius 3 is 2.73 bits per heavy atom. The molecule has 0 radical (unpaired) electrons. The summed E-state index contributed by atoms with van der Waals surface area (Å²) in [4.78, 5) is 0. The van der Waals surface area contributed by atoms with Crippen LogP contribution in [-0.2, 0) is 15.5 Å². The summed E-state index contributed by atoms with van der Waals surface area (Å²) >= 11 is -2.13. The largest absolute Gasteiger partial charge is 0.330 e. The van der Waals surface area contributed by atoms with Gasteiger partial charge in [0.05, 0.1) is 6.10 Å². The third-order valence-corrected chi connectivity index (χ3v) is 1.80. The van der Waals surface area contributed by atoms with Crippen molar-refractivity contribution in [2.45, 2.75) is 32.3 Å². The molecule has 0 spiro atoms. The number of unbranched alkanes of at least 4 members (excludes halogenated alkanes) is 1. The molecule has 0 aromatic heterocycles. The molecule has 0 aliphatic heterocycles. The van der Waals surface area contributed by atoms with Crippen LogP contribution in [0.4, 0.5) is 0 Å². The molecular formula is C6H15NO3S. The summed E-state index contributed by atoms with van der Waals surface area (Å²) in [6, 6.07) is 0. The highest BCUT2D eigenvalue weighted by Crippen LogP contribution is 2.04. The Bertz CT molecular complexity index is 120. The van der Waals surface area contributed by atoms with Crippen molar-refractivity contribution in [3.63, 3.8) is 0 Å². The molecule has 2 atom stereocenters. The van der Waals surface area contributed by atoms with Crippen LogP contribution in [0.2, 0.25) is 0 Å². The van der Waals surface area contributed by atoms with Gasteiger partial charge in [-0.3, -0.25) is 8.74 Å². The van der Waals surface area contributed by atoms with Crippen LogP contribution in [-0.4, -0.2) is 21.4 Å². The molecule has 0 amide bonds. The SMILES string of the molecule is CC(CCCCN)OS(=O)O. The molecule has 68 valence electrons. The van der Waals surface area contributed by atoms with Gasteiger partial charge in [-0.1, -0.05) is 0 Å².